The van der Waals surface area contributed by atoms with Crippen molar-refractivity contribution in [1.29, 1.82) is 0 Å². The zero-order valence-electron chi connectivity index (χ0n) is 29.4. The number of carbonyl (C=O) groups is 1. The molecule has 0 unspecified atom stereocenters. The van der Waals surface area contributed by atoms with Crippen LogP contribution in [0.3, 0.4) is 0 Å². The Balaban J connectivity index is 1.43. The quantitative estimate of drug-likeness (QED) is 0.0489. The summed E-state index contributed by atoms with van der Waals surface area (Å²) in [6.45, 7) is -2.64. The zero-order chi connectivity index (χ0) is 40.8. The molecule has 0 aliphatic carbocycles. The number of phenols is 4. The Morgan fingerprint density at radius 1 is 0.607 bits per heavy atom. The molecular weight excluding hydrogens is 756 g/mol. The highest BCUT2D eigenvalue weighted by Gasteiger charge is 2.54. The molecule has 312 valence electrons. The number of aliphatic hydroxyl groups is 9. The van der Waals surface area contributed by atoms with Gasteiger partial charge in [-0.1, -0.05) is 12.1 Å². The van der Waals surface area contributed by atoms with Crippen molar-refractivity contribution in [3.05, 3.63) is 53.6 Å². The Bertz CT molecular complexity index is 1620. The van der Waals surface area contributed by atoms with Crippen molar-refractivity contribution < 1.29 is 104 Å². The van der Waals surface area contributed by atoms with Crippen LogP contribution in [0.4, 0.5) is 0 Å². The Kier molecular flexibility index (Phi) is 14.8. The predicted molar refractivity (Wildman–Crippen MR) is 181 cm³/mol. The lowest BCUT2D eigenvalue weighted by molar-refractivity contribution is -0.391. The van der Waals surface area contributed by atoms with Crippen LogP contribution in [-0.4, -0.2) is 191 Å². The molecule has 0 saturated carbocycles. The van der Waals surface area contributed by atoms with E-state index in [0.29, 0.717) is 11.1 Å². The molecule has 3 saturated heterocycles. The van der Waals surface area contributed by atoms with Gasteiger partial charge in [-0.05, 0) is 47.9 Å². The summed E-state index contributed by atoms with van der Waals surface area (Å²) in [7, 11) is 0. The van der Waals surface area contributed by atoms with Crippen molar-refractivity contribution in [2.45, 2.75) is 98.5 Å². The van der Waals surface area contributed by atoms with Gasteiger partial charge in [0.25, 0.3) is 0 Å². The number of benzene rings is 2. The van der Waals surface area contributed by atoms with E-state index in [1.807, 2.05) is 0 Å². The Morgan fingerprint density at radius 3 is 1.70 bits per heavy atom. The standard InChI is InChI=1S/C35H46O21/c36-11-20-24(43)27(46)29(48)33(52-20)55-31-26(45)22(13-51-23(42)6-3-14-1-4-16(38)18(40)9-14)54-35(50-8-7-15-2-5-17(39)19(41)10-15)32(31)56-34-30(49)28(47)25(44)21(12-37)53-34/h1-6,9-10,20-22,24-41,43-49H,7-8,11-13H2/b6-3+/t20-,21-,22-,24-,25-,26-,27+,28+,29-,30-,31+,32-,33+,34+,35-/m1/s1. The number of esters is 1. The van der Waals surface area contributed by atoms with Crippen LogP contribution in [0.5, 0.6) is 23.0 Å². The lowest BCUT2D eigenvalue weighted by atomic mass is 9.96. The number of carbonyl (C=O) groups excluding carboxylic acids is 1. The van der Waals surface area contributed by atoms with Gasteiger partial charge in [-0.15, -0.1) is 0 Å². The fourth-order valence-electron chi connectivity index (χ4n) is 6.17. The predicted octanol–water partition coefficient (Wildman–Crippen LogP) is -4.22. The molecule has 0 radical (unpaired) electrons. The van der Waals surface area contributed by atoms with Gasteiger partial charge >= 0.3 is 5.97 Å². The first-order valence-corrected chi connectivity index (χ1v) is 17.4. The third-order valence-electron chi connectivity index (χ3n) is 9.41. The number of rotatable bonds is 14. The maximum atomic E-state index is 12.7. The summed E-state index contributed by atoms with van der Waals surface area (Å²) < 4.78 is 40.1. The van der Waals surface area contributed by atoms with Gasteiger partial charge in [-0.25, -0.2) is 4.79 Å². The van der Waals surface area contributed by atoms with Crippen LogP contribution in [0.15, 0.2) is 42.5 Å². The highest BCUT2D eigenvalue weighted by Crippen LogP contribution is 2.35. The zero-order valence-corrected chi connectivity index (χ0v) is 29.4. The van der Waals surface area contributed by atoms with E-state index in [1.54, 1.807) is 0 Å². The summed E-state index contributed by atoms with van der Waals surface area (Å²) >= 11 is 0. The Hall–Kier alpha value is -3.75. The number of hydrogen-bond donors (Lipinski definition) is 13. The van der Waals surface area contributed by atoms with Crippen LogP contribution >= 0.6 is 0 Å². The van der Waals surface area contributed by atoms with Crippen molar-refractivity contribution >= 4 is 12.0 Å². The molecule has 56 heavy (non-hydrogen) atoms. The molecule has 15 atom stereocenters. The maximum Gasteiger partial charge on any atom is 0.330 e. The van der Waals surface area contributed by atoms with E-state index in [1.165, 1.54) is 42.5 Å². The van der Waals surface area contributed by atoms with Crippen molar-refractivity contribution in [3.63, 3.8) is 0 Å². The maximum absolute atomic E-state index is 12.7. The minimum absolute atomic E-state index is 0.0541. The topological polar surface area (TPSA) is 345 Å². The van der Waals surface area contributed by atoms with Gasteiger partial charge < -0.3 is 99.5 Å². The second-order valence-corrected chi connectivity index (χ2v) is 13.3. The third-order valence-corrected chi connectivity index (χ3v) is 9.41. The van der Waals surface area contributed by atoms with E-state index in [2.05, 4.69) is 0 Å². The van der Waals surface area contributed by atoms with E-state index in [0.717, 1.165) is 6.08 Å². The average molecular weight is 803 g/mol. The smallest absolute Gasteiger partial charge is 0.330 e. The summed E-state index contributed by atoms with van der Waals surface area (Å²) in [5, 5.41) is 133. The van der Waals surface area contributed by atoms with E-state index in [-0.39, 0.29) is 24.5 Å². The van der Waals surface area contributed by atoms with E-state index in [9.17, 15) is 71.2 Å². The molecule has 3 fully saturated rings. The Morgan fingerprint density at radius 2 is 1.14 bits per heavy atom. The van der Waals surface area contributed by atoms with Gasteiger partial charge in [0.1, 0.15) is 79.9 Å². The first kappa shape index (κ1) is 43.4. The fraction of sp³-hybridized carbons (Fsp3) is 0.571. The molecule has 5 rings (SSSR count). The minimum Gasteiger partial charge on any atom is -0.504 e. The van der Waals surface area contributed by atoms with E-state index in [4.69, 9.17) is 33.2 Å². The molecule has 13 N–H and O–H groups in total. The van der Waals surface area contributed by atoms with Crippen molar-refractivity contribution in [1.82, 2.24) is 0 Å². The van der Waals surface area contributed by atoms with Gasteiger partial charge in [0.05, 0.1) is 19.8 Å². The first-order chi connectivity index (χ1) is 26.6. The second-order valence-electron chi connectivity index (χ2n) is 13.3. The van der Waals surface area contributed by atoms with Crippen LogP contribution in [0.25, 0.3) is 6.08 Å². The summed E-state index contributed by atoms with van der Waals surface area (Å²) in [6, 6.07) is 7.72. The third kappa shape index (κ3) is 10.0. The lowest BCUT2D eigenvalue weighted by Gasteiger charge is -2.49. The Labute approximate surface area is 317 Å². The molecule has 2 aromatic carbocycles. The summed E-state index contributed by atoms with van der Waals surface area (Å²) in [6.07, 6.45) is -24.6. The molecule has 3 aliphatic rings. The largest absolute Gasteiger partial charge is 0.504 e. The van der Waals surface area contributed by atoms with Crippen LogP contribution < -0.4 is 0 Å². The monoisotopic (exact) mass is 802 g/mol. The number of hydrogen-bond acceptors (Lipinski definition) is 21. The molecular formula is C35H46O21. The normalized spacial score (nSPS) is 36.4. The first-order valence-electron chi connectivity index (χ1n) is 17.4. The molecule has 3 aliphatic heterocycles. The van der Waals surface area contributed by atoms with E-state index < -0.39 is 129 Å². The lowest BCUT2D eigenvalue weighted by Crippen LogP contribution is -2.67. The van der Waals surface area contributed by atoms with Gasteiger partial charge in [-0.2, -0.15) is 0 Å². The summed E-state index contributed by atoms with van der Waals surface area (Å²) in [5.74, 6) is -2.61. The van der Waals surface area contributed by atoms with Gasteiger partial charge in [-0.3, -0.25) is 0 Å². The molecule has 21 nitrogen and oxygen atoms in total. The average Bonchev–Trinajstić information content (AvgIpc) is 3.18. The highest BCUT2D eigenvalue weighted by atomic mass is 16.8. The fourth-order valence-corrected chi connectivity index (χ4v) is 6.17. The van der Waals surface area contributed by atoms with Crippen LogP contribution in [0.2, 0.25) is 0 Å². The molecule has 0 spiro atoms. The summed E-state index contributed by atoms with van der Waals surface area (Å²) in [4.78, 5) is 12.7. The number of aliphatic hydroxyl groups excluding tert-OH is 9. The van der Waals surface area contributed by atoms with Gasteiger partial charge in [0.2, 0.25) is 0 Å². The molecule has 2 aromatic rings. The van der Waals surface area contributed by atoms with Crippen LogP contribution in [0.1, 0.15) is 11.1 Å². The highest BCUT2D eigenvalue weighted by molar-refractivity contribution is 5.87. The van der Waals surface area contributed by atoms with Crippen LogP contribution in [0, 0.1) is 0 Å². The summed E-state index contributed by atoms with van der Waals surface area (Å²) in [5.41, 5.74) is 0.777. The minimum atomic E-state index is -2.00. The van der Waals surface area contributed by atoms with E-state index >= 15 is 0 Å². The SMILES string of the molecule is O=C(/C=C/c1ccc(O)c(O)c1)OC[C@H]1O[C@@H](OCCc2ccc(O)c(O)c2)[C@H](O[C@@H]2O[C@H](CO)[C@@H](O)[C@H](O)[C@H]2O)[C@@H](O[C@@H]2O[C@H](CO)[C@@H](O)[C@H](O)[C@H]2O)[C@@H]1O. The number of aromatic hydroxyl groups is 4. The van der Waals surface area contributed by atoms with Crippen molar-refractivity contribution in [3.8, 4) is 23.0 Å². The number of ether oxygens (including phenoxy) is 7. The number of phenolic OH excluding ortho intramolecular Hbond substituents is 4. The second kappa shape index (κ2) is 19.1. The molecule has 21 heteroatoms. The molecule has 0 amide bonds. The van der Waals surface area contributed by atoms with Crippen LogP contribution in [-0.2, 0) is 44.4 Å². The van der Waals surface area contributed by atoms with Crippen molar-refractivity contribution in [2.75, 3.05) is 26.4 Å². The van der Waals surface area contributed by atoms with Gasteiger partial charge in [0.15, 0.2) is 41.9 Å². The van der Waals surface area contributed by atoms with Crippen molar-refractivity contribution in [2.24, 2.45) is 0 Å². The molecule has 3 heterocycles. The molecule has 0 aromatic heterocycles. The van der Waals surface area contributed by atoms with Gasteiger partial charge in [0, 0.05) is 6.08 Å². The molecule has 0 bridgehead atoms.